The van der Waals surface area contributed by atoms with Crippen LogP contribution in [0.25, 0.3) is 0 Å². The van der Waals surface area contributed by atoms with Gasteiger partial charge >= 0.3 is 0 Å². The molecule has 1 saturated heterocycles. The van der Waals surface area contributed by atoms with Gasteiger partial charge in [0.25, 0.3) is 5.91 Å². The van der Waals surface area contributed by atoms with E-state index < -0.39 is 0 Å². The molecule has 1 aliphatic heterocycles. The molecule has 1 aliphatic rings. The van der Waals surface area contributed by atoms with E-state index in [0.29, 0.717) is 17.7 Å². The summed E-state index contributed by atoms with van der Waals surface area (Å²) >= 11 is 5.17. The smallest absolute Gasteiger partial charge is 0.254 e. The Kier molecular flexibility index (Phi) is 6.96. The molecule has 142 valence electrons. The molecule has 3 rings (SSSR count). The molecule has 6 heteroatoms. The molecule has 0 saturated carbocycles. The van der Waals surface area contributed by atoms with Crippen molar-refractivity contribution in [2.45, 2.75) is 31.1 Å². The Morgan fingerprint density at radius 1 is 1.11 bits per heavy atom. The highest BCUT2D eigenvalue weighted by atomic mass is 79.9. The third-order valence-corrected chi connectivity index (χ3v) is 6.68. The number of thioether (sulfide) groups is 1. The van der Waals surface area contributed by atoms with Crippen LogP contribution in [0.4, 0.5) is 5.69 Å². The summed E-state index contributed by atoms with van der Waals surface area (Å²) in [5.74, 6) is 0.717. The highest BCUT2D eigenvalue weighted by molar-refractivity contribution is 9.10. The van der Waals surface area contributed by atoms with Crippen molar-refractivity contribution in [3.05, 3.63) is 58.1 Å². The molecule has 2 aromatic carbocycles. The predicted molar refractivity (Wildman–Crippen MR) is 114 cm³/mol. The van der Waals surface area contributed by atoms with Crippen LogP contribution in [-0.2, 0) is 4.79 Å². The fourth-order valence-electron chi connectivity index (χ4n) is 3.12. The Hall–Kier alpha value is -1.79. The Labute approximate surface area is 172 Å². The third-order valence-electron chi connectivity index (χ3n) is 4.65. The number of nitrogens with zero attached hydrogens (tertiary/aromatic N) is 1. The maximum absolute atomic E-state index is 12.7. The summed E-state index contributed by atoms with van der Waals surface area (Å²) in [6, 6.07) is 13.5. The number of likely N-dealkylation sites (tertiary alicyclic amines) is 1. The zero-order chi connectivity index (χ0) is 19.2. The summed E-state index contributed by atoms with van der Waals surface area (Å²) < 4.78 is 1.04. The zero-order valence-corrected chi connectivity index (χ0v) is 17.7. The molecular weight excluding hydrogens is 424 g/mol. The Balaban J connectivity index is 1.58. The molecule has 0 radical (unpaired) electrons. The number of carbonyl (C=O) groups is 2. The van der Waals surface area contributed by atoms with Gasteiger partial charge in [0.05, 0.1) is 0 Å². The van der Waals surface area contributed by atoms with E-state index in [1.54, 1.807) is 11.8 Å². The lowest BCUT2D eigenvalue weighted by atomic mass is 10.1. The topological polar surface area (TPSA) is 49.4 Å². The summed E-state index contributed by atoms with van der Waals surface area (Å²) in [4.78, 5) is 28.0. The number of anilines is 1. The molecule has 2 aromatic rings. The maximum atomic E-state index is 12.7. The SMILES string of the molecule is Cc1c(NC(=O)CCSc2ccccc2Br)cccc1C(=O)N1CCCC1. The van der Waals surface area contributed by atoms with Gasteiger partial charge < -0.3 is 10.2 Å². The average Bonchev–Trinajstić information content (AvgIpc) is 3.19. The van der Waals surface area contributed by atoms with E-state index in [1.807, 2.05) is 54.3 Å². The number of benzene rings is 2. The van der Waals surface area contributed by atoms with Gasteiger partial charge in [0.2, 0.25) is 5.91 Å². The minimum absolute atomic E-state index is 0.0385. The van der Waals surface area contributed by atoms with Crippen molar-refractivity contribution in [3.63, 3.8) is 0 Å². The number of halogens is 1. The Morgan fingerprint density at radius 2 is 1.85 bits per heavy atom. The zero-order valence-electron chi connectivity index (χ0n) is 15.3. The van der Waals surface area contributed by atoms with Crippen molar-refractivity contribution < 1.29 is 9.59 Å². The predicted octanol–water partition coefficient (Wildman–Crippen LogP) is 5.11. The highest BCUT2D eigenvalue weighted by Gasteiger charge is 2.22. The molecule has 0 unspecified atom stereocenters. The lowest BCUT2D eigenvalue weighted by molar-refractivity contribution is -0.115. The molecule has 1 N–H and O–H groups in total. The first kappa shape index (κ1) is 20.0. The van der Waals surface area contributed by atoms with E-state index >= 15 is 0 Å². The van der Waals surface area contributed by atoms with Gasteiger partial charge in [-0.1, -0.05) is 18.2 Å². The average molecular weight is 447 g/mol. The molecule has 4 nitrogen and oxygen atoms in total. The van der Waals surface area contributed by atoms with Gasteiger partial charge in [0, 0.05) is 45.9 Å². The van der Waals surface area contributed by atoms with Gasteiger partial charge in [0.15, 0.2) is 0 Å². The number of hydrogen-bond acceptors (Lipinski definition) is 3. The molecule has 0 aliphatic carbocycles. The van der Waals surface area contributed by atoms with Gasteiger partial charge in [-0.25, -0.2) is 0 Å². The van der Waals surface area contributed by atoms with Crippen molar-refractivity contribution in [1.82, 2.24) is 4.90 Å². The first-order chi connectivity index (χ1) is 13.1. The summed E-state index contributed by atoms with van der Waals surface area (Å²) in [6.45, 7) is 3.54. The second-order valence-electron chi connectivity index (χ2n) is 6.55. The van der Waals surface area contributed by atoms with E-state index in [1.165, 1.54) is 0 Å². The van der Waals surface area contributed by atoms with Crippen molar-refractivity contribution in [2.75, 3.05) is 24.2 Å². The van der Waals surface area contributed by atoms with Gasteiger partial charge in [0.1, 0.15) is 0 Å². The molecule has 1 fully saturated rings. The van der Waals surface area contributed by atoms with Crippen molar-refractivity contribution in [2.24, 2.45) is 0 Å². The summed E-state index contributed by atoms with van der Waals surface area (Å²) in [5, 5.41) is 2.96. The second kappa shape index (κ2) is 9.42. The van der Waals surface area contributed by atoms with Crippen LogP contribution in [0, 0.1) is 6.92 Å². The van der Waals surface area contributed by atoms with Crippen LogP contribution in [0.15, 0.2) is 51.8 Å². The lowest BCUT2D eigenvalue weighted by Gasteiger charge is -2.18. The van der Waals surface area contributed by atoms with Gasteiger partial charge in [-0.05, 0) is 65.5 Å². The van der Waals surface area contributed by atoms with Gasteiger partial charge in [-0.15, -0.1) is 11.8 Å². The van der Waals surface area contributed by atoms with Crippen molar-refractivity contribution in [1.29, 1.82) is 0 Å². The summed E-state index contributed by atoms with van der Waals surface area (Å²) in [5.41, 5.74) is 2.23. The molecule has 27 heavy (non-hydrogen) atoms. The quantitative estimate of drug-likeness (QED) is 0.626. The second-order valence-corrected chi connectivity index (χ2v) is 8.55. The molecule has 2 amide bonds. The fourth-order valence-corrected chi connectivity index (χ4v) is 4.64. The van der Waals surface area contributed by atoms with Gasteiger partial charge in [-0.3, -0.25) is 9.59 Å². The van der Waals surface area contributed by atoms with Crippen LogP contribution in [0.2, 0.25) is 0 Å². The van der Waals surface area contributed by atoms with E-state index in [0.717, 1.165) is 46.6 Å². The summed E-state index contributed by atoms with van der Waals surface area (Å²) in [7, 11) is 0. The molecule has 0 atom stereocenters. The first-order valence-corrected chi connectivity index (χ1v) is 10.9. The standard InChI is InChI=1S/C21H23BrN2O2S/c1-15-16(21(26)24-12-4-5-13-24)7-6-9-18(15)23-20(25)11-14-27-19-10-3-2-8-17(19)22/h2-3,6-10H,4-5,11-14H2,1H3,(H,23,25). The molecular formula is C21H23BrN2O2S. The third kappa shape index (κ3) is 5.14. The normalized spacial score (nSPS) is 13.6. The first-order valence-electron chi connectivity index (χ1n) is 9.12. The number of hydrogen-bond donors (Lipinski definition) is 1. The molecule has 0 spiro atoms. The minimum Gasteiger partial charge on any atom is -0.339 e. The van der Waals surface area contributed by atoms with Gasteiger partial charge in [-0.2, -0.15) is 0 Å². The van der Waals surface area contributed by atoms with E-state index in [4.69, 9.17) is 0 Å². The maximum Gasteiger partial charge on any atom is 0.254 e. The van der Waals surface area contributed by atoms with Crippen LogP contribution in [0.1, 0.15) is 35.2 Å². The molecule has 0 aromatic heterocycles. The van der Waals surface area contributed by atoms with Crippen molar-refractivity contribution in [3.8, 4) is 0 Å². The fraction of sp³-hybridized carbons (Fsp3) is 0.333. The summed E-state index contributed by atoms with van der Waals surface area (Å²) in [6.07, 6.45) is 2.54. The van der Waals surface area contributed by atoms with Crippen LogP contribution < -0.4 is 5.32 Å². The minimum atomic E-state index is -0.0385. The van der Waals surface area contributed by atoms with Crippen LogP contribution in [0.3, 0.4) is 0 Å². The van der Waals surface area contributed by atoms with E-state index in [-0.39, 0.29) is 11.8 Å². The Bertz CT molecular complexity index is 835. The lowest BCUT2D eigenvalue weighted by Crippen LogP contribution is -2.28. The number of rotatable bonds is 6. The highest BCUT2D eigenvalue weighted by Crippen LogP contribution is 2.28. The van der Waals surface area contributed by atoms with Crippen LogP contribution in [0.5, 0.6) is 0 Å². The van der Waals surface area contributed by atoms with Crippen LogP contribution >= 0.6 is 27.7 Å². The number of nitrogens with one attached hydrogen (secondary N) is 1. The number of amides is 2. The largest absolute Gasteiger partial charge is 0.339 e. The van der Waals surface area contributed by atoms with E-state index in [9.17, 15) is 9.59 Å². The molecule has 1 heterocycles. The number of carbonyl (C=O) groups excluding carboxylic acids is 2. The Morgan fingerprint density at radius 3 is 2.59 bits per heavy atom. The van der Waals surface area contributed by atoms with Crippen LogP contribution in [-0.4, -0.2) is 35.6 Å². The molecule has 0 bridgehead atoms. The van der Waals surface area contributed by atoms with E-state index in [2.05, 4.69) is 21.2 Å². The monoisotopic (exact) mass is 446 g/mol. The van der Waals surface area contributed by atoms with Crippen molar-refractivity contribution >= 4 is 45.2 Å².